The molecular weight excluding hydrogens is 292 g/mol. The first-order valence-corrected chi connectivity index (χ1v) is 7.49. The Morgan fingerprint density at radius 2 is 1.52 bits per heavy atom. The monoisotopic (exact) mass is 312 g/mol. The van der Waals surface area contributed by atoms with Gasteiger partial charge < -0.3 is 10.0 Å². The third-order valence-corrected chi connectivity index (χ3v) is 3.47. The zero-order chi connectivity index (χ0) is 16.7. The molecule has 0 atom stereocenters. The molecule has 1 heterocycles. The lowest BCUT2D eigenvalue weighted by atomic mass is 10.2. The number of anilines is 1. The molecule has 2 N–H and O–H groups in total. The van der Waals surface area contributed by atoms with Crippen LogP contribution in [0, 0.1) is 0 Å². The van der Waals surface area contributed by atoms with Gasteiger partial charge in [0.05, 0.1) is 5.56 Å². The zero-order valence-corrected chi connectivity index (χ0v) is 13.2. The lowest BCUT2D eigenvalue weighted by molar-refractivity contribution is 0.0697. The van der Waals surface area contributed by atoms with E-state index in [9.17, 15) is 4.79 Å². The molecule has 0 bridgehead atoms. The van der Waals surface area contributed by atoms with E-state index in [-0.39, 0.29) is 0 Å². The fraction of sp³-hybridized carbons (Fsp3) is 0.235. The van der Waals surface area contributed by atoms with Crippen molar-refractivity contribution in [3.63, 3.8) is 0 Å². The minimum atomic E-state index is -0.879. The van der Waals surface area contributed by atoms with Gasteiger partial charge in [-0.15, -0.1) is 0 Å². The molecule has 6 heteroatoms. The van der Waals surface area contributed by atoms with Gasteiger partial charge >= 0.3 is 5.97 Å². The van der Waals surface area contributed by atoms with Crippen LogP contribution in [-0.4, -0.2) is 39.6 Å². The highest BCUT2D eigenvalue weighted by Crippen LogP contribution is 2.14. The first kappa shape index (κ1) is 16.5. The minimum Gasteiger partial charge on any atom is -0.478 e. The number of aromatic carboxylic acids is 1. The lowest BCUT2D eigenvalue weighted by Crippen LogP contribution is -2.21. The van der Waals surface area contributed by atoms with Crippen LogP contribution in [0.25, 0.3) is 11.0 Å². The minimum absolute atomic E-state index is 0.334. The van der Waals surface area contributed by atoms with E-state index in [1.165, 1.54) is 0 Å². The number of rotatable bonds is 4. The quantitative estimate of drug-likeness (QED) is 0.773. The number of hydrogen-bond donors (Lipinski definition) is 2. The molecule has 0 fully saturated rings. The van der Waals surface area contributed by atoms with Crippen molar-refractivity contribution in [2.45, 2.75) is 13.8 Å². The first-order chi connectivity index (χ1) is 11.2. The smallest absolute Gasteiger partial charge is 0.335 e. The molecule has 3 aromatic rings. The van der Waals surface area contributed by atoms with Gasteiger partial charge in [0.1, 0.15) is 11.0 Å². The molecule has 0 saturated carbocycles. The molecule has 0 aliphatic carbocycles. The van der Waals surface area contributed by atoms with Crippen LogP contribution in [0.2, 0.25) is 0 Å². The van der Waals surface area contributed by atoms with Gasteiger partial charge in [-0.2, -0.15) is 15.4 Å². The van der Waals surface area contributed by atoms with Crippen molar-refractivity contribution in [2.75, 3.05) is 18.0 Å². The molecule has 1 aromatic heterocycles. The third kappa shape index (κ3) is 4.29. The van der Waals surface area contributed by atoms with Crippen LogP contribution in [0.4, 0.5) is 5.69 Å². The molecule has 3 rings (SSSR count). The van der Waals surface area contributed by atoms with E-state index in [1.54, 1.807) is 12.1 Å². The maximum Gasteiger partial charge on any atom is 0.335 e. The molecule has 0 saturated heterocycles. The predicted octanol–water partition coefficient (Wildman–Crippen LogP) is 3.19. The molecule has 120 valence electrons. The van der Waals surface area contributed by atoms with Crippen molar-refractivity contribution in [3.8, 4) is 0 Å². The van der Waals surface area contributed by atoms with Gasteiger partial charge in [0, 0.05) is 18.8 Å². The van der Waals surface area contributed by atoms with Crippen LogP contribution >= 0.6 is 0 Å². The van der Waals surface area contributed by atoms with Crippen molar-refractivity contribution in [1.82, 2.24) is 15.4 Å². The number of benzene rings is 2. The summed E-state index contributed by atoms with van der Waals surface area (Å²) in [4.78, 5) is 12.8. The van der Waals surface area contributed by atoms with Gasteiger partial charge in [0.15, 0.2) is 0 Å². The zero-order valence-electron chi connectivity index (χ0n) is 13.2. The van der Waals surface area contributed by atoms with E-state index < -0.39 is 5.97 Å². The summed E-state index contributed by atoms with van der Waals surface area (Å²) >= 11 is 0. The molecule has 0 aliphatic rings. The van der Waals surface area contributed by atoms with Crippen molar-refractivity contribution in [1.29, 1.82) is 0 Å². The van der Waals surface area contributed by atoms with Crippen LogP contribution in [0.15, 0.2) is 48.5 Å². The Balaban J connectivity index is 0.000000182. The molecule has 0 amide bonds. The summed E-state index contributed by atoms with van der Waals surface area (Å²) < 4.78 is 0. The Morgan fingerprint density at radius 3 is 1.96 bits per heavy atom. The van der Waals surface area contributed by atoms with Gasteiger partial charge in [0.2, 0.25) is 0 Å². The number of carboxylic acid groups (broad SMARTS) is 1. The molecule has 0 aliphatic heterocycles. The average molecular weight is 312 g/mol. The van der Waals surface area contributed by atoms with Crippen LogP contribution in [0.1, 0.15) is 24.2 Å². The number of nitrogens with one attached hydrogen (secondary N) is 1. The standard InChI is InChI=1S/C11H15NO2.C6H5N3/c1-3-12(4-2)10-7-5-9(6-8-10)11(13)14;1-2-4-6-5(3-1)7-9-8-6/h5-8H,3-4H2,1-2H3,(H,13,14);1-4H,(H,7,8,9). The Kier molecular flexibility index (Phi) is 5.68. The number of carboxylic acids is 1. The molecular formula is C17H20N4O2. The number of nitrogens with zero attached hydrogens (tertiary/aromatic N) is 3. The summed E-state index contributed by atoms with van der Waals surface area (Å²) in [7, 11) is 0. The highest BCUT2D eigenvalue weighted by atomic mass is 16.4. The number of carbonyl (C=O) groups is 1. The molecule has 0 unspecified atom stereocenters. The van der Waals surface area contributed by atoms with Crippen LogP contribution in [-0.2, 0) is 0 Å². The summed E-state index contributed by atoms with van der Waals surface area (Å²) in [6.07, 6.45) is 0. The number of fused-ring (bicyclic) bond motifs is 1. The summed E-state index contributed by atoms with van der Waals surface area (Å²) in [5.41, 5.74) is 3.23. The average Bonchev–Trinajstić information content (AvgIpc) is 3.06. The molecule has 23 heavy (non-hydrogen) atoms. The third-order valence-electron chi connectivity index (χ3n) is 3.47. The second-order valence-corrected chi connectivity index (χ2v) is 4.84. The molecule has 0 spiro atoms. The van der Waals surface area contributed by atoms with Gasteiger partial charge in [-0.05, 0) is 50.2 Å². The van der Waals surface area contributed by atoms with E-state index in [0.717, 1.165) is 29.8 Å². The van der Waals surface area contributed by atoms with Gasteiger partial charge in [0.25, 0.3) is 0 Å². The maximum atomic E-state index is 10.6. The maximum absolute atomic E-state index is 10.6. The van der Waals surface area contributed by atoms with Gasteiger partial charge in [-0.3, -0.25) is 0 Å². The van der Waals surface area contributed by atoms with E-state index in [0.29, 0.717) is 5.56 Å². The van der Waals surface area contributed by atoms with E-state index in [1.807, 2.05) is 36.4 Å². The second-order valence-electron chi connectivity index (χ2n) is 4.84. The van der Waals surface area contributed by atoms with Crippen molar-refractivity contribution < 1.29 is 9.90 Å². The fourth-order valence-electron chi connectivity index (χ4n) is 2.19. The number of aromatic nitrogens is 3. The molecule has 0 radical (unpaired) electrons. The van der Waals surface area contributed by atoms with Crippen LogP contribution < -0.4 is 4.90 Å². The predicted molar refractivity (Wildman–Crippen MR) is 90.9 cm³/mol. The Labute approximate surface area is 134 Å². The Bertz CT molecular complexity index is 718. The summed E-state index contributed by atoms with van der Waals surface area (Å²) in [5.74, 6) is -0.879. The molecule has 6 nitrogen and oxygen atoms in total. The van der Waals surface area contributed by atoms with E-state index in [2.05, 4.69) is 34.2 Å². The number of hydrogen-bond acceptors (Lipinski definition) is 4. The Hall–Kier alpha value is -2.89. The lowest BCUT2D eigenvalue weighted by Gasteiger charge is -2.20. The highest BCUT2D eigenvalue weighted by molar-refractivity contribution is 5.88. The van der Waals surface area contributed by atoms with Crippen LogP contribution in [0.3, 0.4) is 0 Å². The number of aromatic amines is 1. The van der Waals surface area contributed by atoms with Crippen molar-refractivity contribution >= 4 is 22.7 Å². The Morgan fingerprint density at radius 1 is 1.00 bits per heavy atom. The SMILES string of the molecule is CCN(CC)c1ccc(C(=O)O)cc1.c1ccc2n[nH]nc2c1. The summed E-state index contributed by atoms with van der Waals surface area (Å²) in [6, 6.07) is 14.7. The molecule has 2 aromatic carbocycles. The number of H-pyrrole nitrogens is 1. The van der Waals surface area contributed by atoms with Crippen molar-refractivity contribution in [3.05, 3.63) is 54.1 Å². The van der Waals surface area contributed by atoms with Crippen molar-refractivity contribution in [2.24, 2.45) is 0 Å². The fourth-order valence-corrected chi connectivity index (χ4v) is 2.19. The largest absolute Gasteiger partial charge is 0.478 e. The number of para-hydroxylation sites is 2. The van der Waals surface area contributed by atoms with Crippen LogP contribution in [0.5, 0.6) is 0 Å². The first-order valence-electron chi connectivity index (χ1n) is 7.49. The van der Waals surface area contributed by atoms with E-state index in [4.69, 9.17) is 5.11 Å². The van der Waals surface area contributed by atoms with Gasteiger partial charge in [-0.1, -0.05) is 12.1 Å². The summed E-state index contributed by atoms with van der Waals surface area (Å²) in [6.45, 7) is 6.02. The van der Waals surface area contributed by atoms with Gasteiger partial charge in [-0.25, -0.2) is 4.79 Å². The second kappa shape index (κ2) is 7.93. The summed E-state index contributed by atoms with van der Waals surface area (Å²) in [5, 5.41) is 19.0. The van der Waals surface area contributed by atoms with E-state index >= 15 is 0 Å². The highest BCUT2D eigenvalue weighted by Gasteiger charge is 2.04. The normalized spacial score (nSPS) is 10.0. The topological polar surface area (TPSA) is 82.1 Å².